The molecule has 0 aliphatic carbocycles. The highest BCUT2D eigenvalue weighted by atomic mass is 79.9. The lowest BCUT2D eigenvalue weighted by molar-refractivity contribution is -0.596. The Kier molecular flexibility index (Phi) is 5.61. The molecule has 2 aromatic heterocycles. The molecule has 0 aliphatic heterocycles. The first kappa shape index (κ1) is 18.8. The summed E-state index contributed by atoms with van der Waals surface area (Å²) in [6.07, 6.45) is 3.71. The molecule has 0 fully saturated rings. The van der Waals surface area contributed by atoms with Crippen molar-refractivity contribution in [3.8, 4) is 16.8 Å². The molecule has 130 valence electrons. The van der Waals surface area contributed by atoms with Gasteiger partial charge in [0.1, 0.15) is 0 Å². The first-order valence-corrected chi connectivity index (χ1v) is 8.89. The van der Waals surface area contributed by atoms with Gasteiger partial charge in [0.25, 0.3) is 5.69 Å². The van der Waals surface area contributed by atoms with Crippen LogP contribution < -0.4 is 27.1 Å². The van der Waals surface area contributed by atoms with Crippen molar-refractivity contribution in [3.05, 3.63) is 92.9 Å². The van der Waals surface area contributed by atoms with Crippen molar-refractivity contribution in [2.75, 3.05) is 0 Å². The third-order valence-electron chi connectivity index (χ3n) is 4.07. The van der Waals surface area contributed by atoms with Gasteiger partial charge in [0, 0.05) is 38.1 Å². The van der Waals surface area contributed by atoms with Crippen LogP contribution in [0.1, 0.15) is 0 Å². The molecule has 0 spiro atoms. The molecule has 3 nitrogen and oxygen atoms in total. The zero-order valence-corrected chi connectivity index (χ0v) is 17.3. The average Bonchev–Trinajstić information content (AvgIpc) is 2.62. The molecule has 4 aromatic rings. The van der Waals surface area contributed by atoms with E-state index in [1.165, 1.54) is 0 Å². The van der Waals surface area contributed by atoms with Crippen LogP contribution in [0.15, 0.2) is 82.3 Å². The van der Waals surface area contributed by atoms with E-state index in [0.29, 0.717) is 10.7 Å². The molecule has 0 radical (unpaired) electrons. The number of aromatic nitrogens is 2. The largest absolute Gasteiger partial charge is 1.00 e. The van der Waals surface area contributed by atoms with Crippen molar-refractivity contribution >= 4 is 38.4 Å². The first-order chi connectivity index (χ1) is 12.1. The van der Waals surface area contributed by atoms with Crippen molar-refractivity contribution in [2.24, 2.45) is 0 Å². The van der Waals surface area contributed by atoms with Gasteiger partial charge in [-0.2, -0.15) is 4.57 Å². The minimum atomic E-state index is -0.166. The Hall–Kier alpha value is -1.95. The predicted octanol–water partition coefficient (Wildman–Crippen LogP) is 1.89. The van der Waals surface area contributed by atoms with E-state index in [4.69, 9.17) is 11.6 Å². The smallest absolute Gasteiger partial charge is 0.321 e. The number of benzene rings is 2. The van der Waals surface area contributed by atoms with E-state index in [2.05, 4.69) is 20.9 Å². The Labute approximate surface area is 174 Å². The number of hydrogen-bond donors (Lipinski definition) is 1. The Balaban J connectivity index is 0.00000196. The Morgan fingerprint density at radius 2 is 1.69 bits per heavy atom. The van der Waals surface area contributed by atoms with Gasteiger partial charge in [-0.15, -0.1) is 0 Å². The number of aromatic amines is 1. The van der Waals surface area contributed by atoms with Gasteiger partial charge >= 0.3 is 5.56 Å². The van der Waals surface area contributed by atoms with Crippen LogP contribution in [0.2, 0.25) is 5.02 Å². The number of pyridine rings is 2. The summed E-state index contributed by atoms with van der Waals surface area (Å²) in [5, 5.41) is 1.53. The second kappa shape index (κ2) is 7.74. The number of halogens is 3. The lowest BCUT2D eigenvalue weighted by atomic mass is 9.99. The quantitative estimate of drug-likeness (QED) is 0.427. The molecule has 0 unspecified atom stereocenters. The minimum Gasteiger partial charge on any atom is -1.00 e. The normalized spacial score (nSPS) is 10.5. The molecule has 0 amide bonds. The fourth-order valence-corrected chi connectivity index (χ4v) is 3.58. The van der Waals surface area contributed by atoms with Crippen molar-refractivity contribution in [2.45, 2.75) is 0 Å². The van der Waals surface area contributed by atoms with Crippen LogP contribution in [0.4, 0.5) is 0 Å². The van der Waals surface area contributed by atoms with Crippen molar-refractivity contribution in [1.82, 2.24) is 4.98 Å². The molecule has 0 aliphatic rings. The second-order valence-electron chi connectivity index (χ2n) is 5.63. The maximum atomic E-state index is 12.9. The topological polar surface area (TPSA) is 36.7 Å². The van der Waals surface area contributed by atoms with Gasteiger partial charge in [-0.3, -0.25) is 4.79 Å². The number of rotatable bonds is 2. The van der Waals surface area contributed by atoms with E-state index in [-0.39, 0.29) is 22.5 Å². The number of fused-ring (bicyclic) bond motifs is 1. The molecule has 2 heterocycles. The van der Waals surface area contributed by atoms with Gasteiger partial charge in [0.05, 0.1) is 5.56 Å². The molecular formula is C20H13Br2ClN2O. The summed E-state index contributed by atoms with van der Waals surface area (Å²) in [4.78, 5) is 15.9. The number of nitrogens with one attached hydrogen (secondary N) is 1. The number of nitrogens with zero attached hydrogens (tertiary/aromatic N) is 1. The molecular weight excluding hydrogens is 479 g/mol. The highest BCUT2D eigenvalue weighted by molar-refractivity contribution is 9.10. The van der Waals surface area contributed by atoms with Crippen LogP contribution in [0.3, 0.4) is 0 Å². The van der Waals surface area contributed by atoms with E-state index < -0.39 is 0 Å². The molecule has 0 saturated carbocycles. The summed E-state index contributed by atoms with van der Waals surface area (Å²) < 4.78 is 2.75. The first-order valence-electron chi connectivity index (χ1n) is 7.72. The highest BCUT2D eigenvalue weighted by Crippen LogP contribution is 2.35. The highest BCUT2D eigenvalue weighted by Gasteiger charge is 2.23. The van der Waals surface area contributed by atoms with Crippen molar-refractivity contribution < 1.29 is 21.5 Å². The van der Waals surface area contributed by atoms with Crippen LogP contribution >= 0.6 is 27.5 Å². The van der Waals surface area contributed by atoms with Crippen molar-refractivity contribution in [3.63, 3.8) is 0 Å². The van der Waals surface area contributed by atoms with E-state index in [9.17, 15) is 4.79 Å². The molecule has 4 rings (SSSR count). The molecule has 0 atom stereocenters. The maximum absolute atomic E-state index is 12.9. The Morgan fingerprint density at radius 1 is 0.962 bits per heavy atom. The maximum Gasteiger partial charge on any atom is 0.321 e. The molecule has 6 heteroatoms. The second-order valence-corrected chi connectivity index (χ2v) is 6.95. The zero-order chi connectivity index (χ0) is 17.4. The Morgan fingerprint density at radius 3 is 2.42 bits per heavy atom. The van der Waals surface area contributed by atoms with E-state index in [1.807, 2.05) is 77.6 Å². The van der Waals surface area contributed by atoms with Crippen LogP contribution in [-0.2, 0) is 0 Å². The van der Waals surface area contributed by atoms with Gasteiger partial charge in [0.2, 0.25) is 0 Å². The van der Waals surface area contributed by atoms with Crippen LogP contribution in [0.25, 0.3) is 27.7 Å². The summed E-state index contributed by atoms with van der Waals surface area (Å²) in [6.45, 7) is 0. The lowest BCUT2D eigenvalue weighted by Crippen LogP contribution is -3.00. The Bertz CT molecular complexity index is 1140. The van der Waals surface area contributed by atoms with Gasteiger partial charge in [-0.05, 0) is 24.3 Å². The summed E-state index contributed by atoms with van der Waals surface area (Å²) >= 11 is 10.0. The molecule has 1 N–H and O–H groups in total. The van der Waals surface area contributed by atoms with E-state index >= 15 is 0 Å². The van der Waals surface area contributed by atoms with E-state index in [0.717, 1.165) is 26.5 Å². The van der Waals surface area contributed by atoms with Crippen molar-refractivity contribution in [1.29, 1.82) is 0 Å². The summed E-state index contributed by atoms with van der Waals surface area (Å²) in [7, 11) is 0. The average molecular weight is 493 g/mol. The van der Waals surface area contributed by atoms with Gasteiger partial charge in [-0.25, -0.2) is 0 Å². The van der Waals surface area contributed by atoms with Gasteiger partial charge < -0.3 is 22.0 Å². The molecule has 2 aromatic carbocycles. The monoisotopic (exact) mass is 490 g/mol. The number of H-pyrrole nitrogens is 1. The third kappa shape index (κ3) is 3.34. The zero-order valence-electron chi connectivity index (χ0n) is 13.4. The number of hydrogen-bond acceptors (Lipinski definition) is 1. The lowest BCUT2D eigenvalue weighted by Gasteiger charge is -2.11. The molecule has 26 heavy (non-hydrogen) atoms. The van der Waals surface area contributed by atoms with Crippen LogP contribution in [-0.4, -0.2) is 4.98 Å². The standard InChI is InChI=1S/C20H12BrClN2O.BrH/c21-13-8-9-17-15(12-13)18(14-6-2-3-7-16(14)22)19(20(25)23-17)24-10-4-1-5-11-24;/h1-12H;1H. The van der Waals surface area contributed by atoms with Crippen LogP contribution in [0, 0.1) is 0 Å². The van der Waals surface area contributed by atoms with Gasteiger partial charge in [-0.1, -0.05) is 51.8 Å². The SMILES string of the molecule is O=c1[nH]c2ccc(Br)cc2c(-c2ccccc2Cl)c1-[n+]1ccccc1.[Br-]. The van der Waals surface area contributed by atoms with E-state index in [1.54, 1.807) is 0 Å². The fraction of sp³-hybridized carbons (Fsp3) is 0. The third-order valence-corrected chi connectivity index (χ3v) is 4.89. The van der Waals surface area contributed by atoms with Gasteiger partial charge in [0.15, 0.2) is 12.4 Å². The minimum absolute atomic E-state index is 0. The summed E-state index contributed by atoms with van der Waals surface area (Å²) in [6, 6.07) is 19.1. The molecule has 0 saturated heterocycles. The summed E-state index contributed by atoms with van der Waals surface area (Å²) in [5.74, 6) is 0. The fourth-order valence-electron chi connectivity index (χ4n) is 2.99. The van der Waals surface area contributed by atoms with Crippen LogP contribution in [0.5, 0.6) is 0 Å². The summed E-state index contributed by atoms with van der Waals surface area (Å²) in [5.41, 5.74) is 2.77. The predicted molar refractivity (Wildman–Crippen MR) is 104 cm³/mol. The molecule has 0 bridgehead atoms.